The van der Waals surface area contributed by atoms with Gasteiger partial charge in [0.05, 0.1) is 5.75 Å². The maximum Gasteiger partial charge on any atom is 0.234 e. The molecule has 1 aromatic carbocycles. The van der Waals surface area contributed by atoms with E-state index in [1.54, 1.807) is 18.7 Å². The van der Waals surface area contributed by atoms with E-state index in [0.717, 1.165) is 4.90 Å². The molecule has 1 aliphatic rings. The van der Waals surface area contributed by atoms with E-state index < -0.39 is 0 Å². The Morgan fingerprint density at radius 3 is 2.62 bits per heavy atom. The lowest BCUT2D eigenvalue weighted by atomic mass is 10.1. The largest absolute Gasteiger partial charge is 0.424 e. The van der Waals surface area contributed by atoms with Gasteiger partial charge in [0.1, 0.15) is 6.07 Å². The number of carbonyl (C=O) groups is 1. The molecule has 7 heteroatoms. The standard InChI is InChI=1S/C19H22N4O2S/c1-13-4-5-16(10-14(13)2)26-12-18(24)22-6-8-23(9-7-22)19-17(11-20)21-15(3)25-19/h4-5,10H,6-9,12H2,1-3H3. The number of anilines is 1. The van der Waals surface area contributed by atoms with E-state index in [2.05, 4.69) is 43.1 Å². The Kier molecular flexibility index (Phi) is 5.52. The van der Waals surface area contributed by atoms with Gasteiger partial charge in [-0.15, -0.1) is 11.8 Å². The van der Waals surface area contributed by atoms with Crippen LogP contribution in [0.15, 0.2) is 27.5 Å². The molecule has 1 aliphatic heterocycles. The van der Waals surface area contributed by atoms with Gasteiger partial charge in [0, 0.05) is 38.0 Å². The zero-order valence-electron chi connectivity index (χ0n) is 15.3. The number of nitrogens with zero attached hydrogens (tertiary/aromatic N) is 4. The molecule has 0 radical (unpaired) electrons. The fourth-order valence-electron chi connectivity index (χ4n) is 2.90. The number of hydrogen-bond acceptors (Lipinski definition) is 6. The van der Waals surface area contributed by atoms with E-state index in [1.807, 2.05) is 9.80 Å². The molecule has 0 unspecified atom stereocenters. The van der Waals surface area contributed by atoms with E-state index in [4.69, 9.17) is 9.68 Å². The number of thioether (sulfide) groups is 1. The second-order valence-electron chi connectivity index (χ2n) is 6.40. The average Bonchev–Trinajstić information content (AvgIpc) is 3.03. The predicted molar refractivity (Wildman–Crippen MR) is 101 cm³/mol. The van der Waals surface area contributed by atoms with Crippen LogP contribution in [0.1, 0.15) is 22.7 Å². The molecule has 2 aromatic rings. The van der Waals surface area contributed by atoms with Gasteiger partial charge in [-0.1, -0.05) is 6.07 Å². The van der Waals surface area contributed by atoms with Gasteiger partial charge < -0.3 is 14.2 Å². The molecule has 0 bridgehead atoms. The maximum absolute atomic E-state index is 12.5. The number of oxazole rings is 1. The van der Waals surface area contributed by atoms with Crippen molar-refractivity contribution in [3.8, 4) is 6.07 Å². The van der Waals surface area contributed by atoms with E-state index in [9.17, 15) is 4.79 Å². The summed E-state index contributed by atoms with van der Waals surface area (Å²) in [4.78, 5) is 21.6. The highest BCUT2D eigenvalue weighted by molar-refractivity contribution is 8.00. The lowest BCUT2D eigenvalue weighted by Crippen LogP contribution is -2.49. The van der Waals surface area contributed by atoms with Crippen molar-refractivity contribution in [3.05, 3.63) is 40.9 Å². The van der Waals surface area contributed by atoms with E-state index in [0.29, 0.717) is 49.4 Å². The first-order valence-electron chi connectivity index (χ1n) is 8.58. The van der Waals surface area contributed by atoms with Crippen LogP contribution in [0.5, 0.6) is 0 Å². The lowest BCUT2D eigenvalue weighted by Gasteiger charge is -2.34. The molecule has 0 N–H and O–H groups in total. The van der Waals surface area contributed by atoms with Crippen LogP contribution >= 0.6 is 11.8 Å². The first-order valence-corrected chi connectivity index (χ1v) is 9.57. The molecule has 136 valence electrons. The topological polar surface area (TPSA) is 73.4 Å². The van der Waals surface area contributed by atoms with Crippen LogP contribution in [0, 0.1) is 32.1 Å². The van der Waals surface area contributed by atoms with Gasteiger partial charge in [0.15, 0.2) is 5.89 Å². The third-order valence-corrected chi connectivity index (χ3v) is 5.56. The molecule has 6 nitrogen and oxygen atoms in total. The highest BCUT2D eigenvalue weighted by Crippen LogP contribution is 2.24. The molecular weight excluding hydrogens is 348 g/mol. The Balaban J connectivity index is 1.53. The molecular formula is C19H22N4O2S. The van der Waals surface area contributed by atoms with Crippen molar-refractivity contribution in [2.24, 2.45) is 0 Å². The molecule has 0 saturated carbocycles. The predicted octanol–water partition coefficient (Wildman–Crippen LogP) is 2.91. The molecule has 0 aliphatic carbocycles. The summed E-state index contributed by atoms with van der Waals surface area (Å²) in [7, 11) is 0. The van der Waals surface area contributed by atoms with Crippen LogP contribution in [0.4, 0.5) is 5.88 Å². The number of carbonyl (C=O) groups excluding carboxylic acids is 1. The number of aromatic nitrogens is 1. The maximum atomic E-state index is 12.5. The van der Waals surface area contributed by atoms with Crippen molar-refractivity contribution < 1.29 is 9.21 Å². The summed E-state index contributed by atoms with van der Waals surface area (Å²) in [5.41, 5.74) is 2.82. The van der Waals surface area contributed by atoms with Crippen LogP contribution < -0.4 is 4.90 Å². The van der Waals surface area contributed by atoms with Crippen molar-refractivity contribution in [1.29, 1.82) is 5.26 Å². The number of amides is 1. The second-order valence-corrected chi connectivity index (χ2v) is 7.45. The fourth-order valence-corrected chi connectivity index (χ4v) is 3.80. The second kappa shape index (κ2) is 7.83. The molecule has 1 amide bonds. The van der Waals surface area contributed by atoms with Crippen molar-refractivity contribution in [3.63, 3.8) is 0 Å². The van der Waals surface area contributed by atoms with Crippen LogP contribution in [0.3, 0.4) is 0 Å². The van der Waals surface area contributed by atoms with Gasteiger partial charge in [-0.05, 0) is 37.1 Å². The number of aryl methyl sites for hydroxylation is 3. The third-order valence-electron chi connectivity index (χ3n) is 4.58. The Bertz CT molecular complexity index is 848. The van der Waals surface area contributed by atoms with Crippen LogP contribution in [0.25, 0.3) is 0 Å². The number of hydrogen-bond donors (Lipinski definition) is 0. The Labute approximate surface area is 157 Å². The van der Waals surface area contributed by atoms with Gasteiger partial charge in [0.2, 0.25) is 17.5 Å². The summed E-state index contributed by atoms with van der Waals surface area (Å²) in [6.07, 6.45) is 0. The first-order chi connectivity index (χ1) is 12.5. The molecule has 3 rings (SSSR count). The van der Waals surface area contributed by atoms with Crippen LogP contribution in [0.2, 0.25) is 0 Å². The highest BCUT2D eigenvalue weighted by Gasteiger charge is 2.25. The zero-order valence-corrected chi connectivity index (χ0v) is 16.1. The van der Waals surface area contributed by atoms with E-state index in [-0.39, 0.29) is 5.91 Å². The van der Waals surface area contributed by atoms with Gasteiger partial charge in [0.25, 0.3) is 0 Å². The minimum atomic E-state index is 0.141. The third kappa shape index (κ3) is 4.02. The minimum absolute atomic E-state index is 0.141. The first kappa shape index (κ1) is 18.3. The number of nitriles is 1. The molecule has 1 saturated heterocycles. The van der Waals surface area contributed by atoms with Gasteiger partial charge >= 0.3 is 0 Å². The smallest absolute Gasteiger partial charge is 0.234 e. The van der Waals surface area contributed by atoms with Gasteiger partial charge in [-0.3, -0.25) is 4.79 Å². The summed E-state index contributed by atoms with van der Waals surface area (Å²) >= 11 is 1.58. The monoisotopic (exact) mass is 370 g/mol. The molecule has 1 aromatic heterocycles. The molecule has 0 spiro atoms. The number of piperazine rings is 1. The van der Waals surface area contributed by atoms with Crippen molar-refractivity contribution >= 4 is 23.6 Å². The number of benzene rings is 1. The lowest BCUT2D eigenvalue weighted by molar-refractivity contribution is -0.128. The Morgan fingerprint density at radius 1 is 1.23 bits per heavy atom. The normalized spacial score (nSPS) is 14.4. The molecule has 2 heterocycles. The van der Waals surface area contributed by atoms with Crippen LogP contribution in [-0.2, 0) is 4.79 Å². The number of rotatable bonds is 4. The Hall–Kier alpha value is -2.46. The summed E-state index contributed by atoms with van der Waals surface area (Å²) in [5.74, 6) is 1.58. The SMILES string of the molecule is Cc1nc(C#N)c(N2CCN(C(=O)CSc3ccc(C)c(C)c3)CC2)o1. The van der Waals surface area contributed by atoms with Crippen molar-refractivity contribution in [1.82, 2.24) is 9.88 Å². The summed E-state index contributed by atoms with van der Waals surface area (Å²) in [6, 6.07) is 8.34. The van der Waals surface area contributed by atoms with E-state index >= 15 is 0 Å². The zero-order chi connectivity index (χ0) is 18.7. The average molecular weight is 370 g/mol. The molecule has 0 atom stereocenters. The summed E-state index contributed by atoms with van der Waals surface area (Å²) in [5, 5.41) is 9.15. The fraction of sp³-hybridized carbons (Fsp3) is 0.421. The van der Waals surface area contributed by atoms with Crippen molar-refractivity contribution in [2.45, 2.75) is 25.7 Å². The van der Waals surface area contributed by atoms with Gasteiger partial charge in [-0.2, -0.15) is 5.26 Å². The van der Waals surface area contributed by atoms with E-state index in [1.165, 1.54) is 11.1 Å². The highest BCUT2D eigenvalue weighted by atomic mass is 32.2. The van der Waals surface area contributed by atoms with Gasteiger partial charge in [-0.25, -0.2) is 4.98 Å². The van der Waals surface area contributed by atoms with Crippen LogP contribution in [-0.4, -0.2) is 47.7 Å². The quantitative estimate of drug-likeness (QED) is 0.771. The molecule has 1 fully saturated rings. The summed E-state index contributed by atoms with van der Waals surface area (Å²) < 4.78 is 5.55. The minimum Gasteiger partial charge on any atom is -0.424 e. The summed E-state index contributed by atoms with van der Waals surface area (Å²) in [6.45, 7) is 8.43. The Morgan fingerprint density at radius 2 is 1.96 bits per heavy atom. The van der Waals surface area contributed by atoms with Crippen molar-refractivity contribution in [2.75, 3.05) is 36.8 Å². The molecule has 26 heavy (non-hydrogen) atoms.